The summed E-state index contributed by atoms with van der Waals surface area (Å²) in [6.07, 6.45) is 3.55. The van der Waals surface area contributed by atoms with E-state index >= 15 is 0 Å². The van der Waals surface area contributed by atoms with Crippen LogP contribution in [0.4, 0.5) is 9.18 Å². The highest BCUT2D eigenvalue weighted by molar-refractivity contribution is 8.18. The largest absolute Gasteiger partial charge is 0.468 e. The number of benzene rings is 2. The summed E-state index contributed by atoms with van der Waals surface area (Å²) in [5.74, 6) is -1.47. The van der Waals surface area contributed by atoms with Gasteiger partial charge in [-0.15, -0.1) is 0 Å². The minimum atomic E-state index is -0.658. The van der Waals surface area contributed by atoms with Crippen LogP contribution in [0.1, 0.15) is 11.1 Å². The molecule has 0 bridgehead atoms. The van der Waals surface area contributed by atoms with Crippen LogP contribution in [0.15, 0.2) is 59.6 Å². The van der Waals surface area contributed by atoms with Gasteiger partial charge in [-0.2, -0.15) is 0 Å². The number of hydrogen-bond acceptors (Lipinski definition) is 5. The molecule has 1 aromatic heterocycles. The first kappa shape index (κ1) is 19.9. The van der Waals surface area contributed by atoms with Crippen molar-refractivity contribution in [3.05, 3.63) is 76.6 Å². The van der Waals surface area contributed by atoms with Crippen LogP contribution in [0, 0.1) is 5.82 Å². The number of hydrogen-bond donors (Lipinski definition) is 0. The van der Waals surface area contributed by atoms with E-state index in [0.29, 0.717) is 6.54 Å². The molecule has 1 aliphatic rings. The van der Waals surface area contributed by atoms with E-state index in [2.05, 4.69) is 4.74 Å². The van der Waals surface area contributed by atoms with Crippen molar-refractivity contribution < 1.29 is 23.5 Å². The molecule has 8 heteroatoms. The van der Waals surface area contributed by atoms with Crippen LogP contribution in [0.2, 0.25) is 0 Å². The lowest BCUT2D eigenvalue weighted by Gasteiger charge is -2.09. The van der Waals surface area contributed by atoms with Gasteiger partial charge in [0.15, 0.2) is 0 Å². The van der Waals surface area contributed by atoms with Gasteiger partial charge in [-0.25, -0.2) is 4.39 Å². The first-order valence-electron chi connectivity index (χ1n) is 9.11. The molecule has 0 N–H and O–H groups in total. The topological polar surface area (TPSA) is 68.6 Å². The summed E-state index contributed by atoms with van der Waals surface area (Å²) in [5, 5.41) is 0.408. The van der Waals surface area contributed by atoms with E-state index in [9.17, 15) is 18.8 Å². The van der Waals surface area contributed by atoms with Gasteiger partial charge in [0.2, 0.25) is 0 Å². The van der Waals surface area contributed by atoms with Gasteiger partial charge < -0.3 is 9.30 Å². The van der Waals surface area contributed by atoms with Crippen molar-refractivity contribution in [2.45, 2.75) is 6.54 Å². The number of fused-ring (bicyclic) bond motifs is 1. The van der Waals surface area contributed by atoms with Crippen molar-refractivity contribution in [2.24, 2.45) is 0 Å². The van der Waals surface area contributed by atoms with Crippen molar-refractivity contribution in [1.82, 2.24) is 9.47 Å². The molecule has 1 fully saturated rings. The predicted octanol–water partition coefficient (Wildman–Crippen LogP) is 4.04. The number of rotatable bonds is 5. The average Bonchev–Trinajstić information content (AvgIpc) is 3.22. The smallest absolute Gasteiger partial charge is 0.325 e. The Morgan fingerprint density at radius 2 is 1.87 bits per heavy atom. The van der Waals surface area contributed by atoms with Gasteiger partial charge in [0.05, 0.1) is 12.0 Å². The van der Waals surface area contributed by atoms with E-state index < -0.39 is 23.7 Å². The molecule has 0 aliphatic carbocycles. The number of esters is 1. The van der Waals surface area contributed by atoms with Gasteiger partial charge in [-0.05, 0) is 41.6 Å². The van der Waals surface area contributed by atoms with Crippen LogP contribution in [-0.2, 0) is 20.9 Å². The number of halogens is 1. The van der Waals surface area contributed by atoms with Gasteiger partial charge >= 0.3 is 5.97 Å². The highest BCUT2D eigenvalue weighted by Gasteiger charge is 2.36. The molecule has 0 unspecified atom stereocenters. The number of amides is 2. The van der Waals surface area contributed by atoms with Gasteiger partial charge in [-0.1, -0.05) is 30.3 Å². The maximum Gasteiger partial charge on any atom is 0.325 e. The summed E-state index contributed by atoms with van der Waals surface area (Å²) in [7, 11) is 1.20. The lowest BCUT2D eigenvalue weighted by Crippen LogP contribution is -2.34. The van der Waals surface area contributed by atoms with Crippen molar-refractivity contribution >= 4 is 45.9 Å². The van der Waals surface area contributed by atoms with E-state index in [1.54, 1.807) is 18.2 Å². The molecule has 6 nitrogen and oxygen atoms in total. The zero-order chi connectivity index (χ0) is 21.3. The predicted molar refractivity (Wildman–Crippen MR) is 112 cm³/mol. The number of imide groups is 1. The molecule has 152 valence electrons. The Balaban J connectivity index is 1.68. The van der Waals surface area contributed by atoms with Crippen LogP contribution in [0.3, 0.4) is 0 Å². The van der Waals surface area contributed by atoms with Gasteiger partial charge in [-0.3, -0.25) is 19.3 Å². The summed E-state index contributed by atoms with van der Waals surface area (Å²) in [4.78, 5) is 37.4. The summed E-state index contributed by atoms with van der Waals surface area (Å²) in [6.45, 7) is 0.114. The first-order valence-corrected chi connectivity index (χ1v) is 9.92. The number of ether oxygens (including phenoxy) is 1. The molecule has 30 heavy (non-hydrogen) atoms. The van der Waals surface area contributed by atoms with Gasteiger partial charge in [0, 0.05) is 29.2 Å². The zero-order valence-electron chi connectivity index (χ0n) is 16.0. The van der Waals surface area contributed by atoms with Gasteiger partial charge in [0.25, 0.3) is 11.1 Å². The Labute approximate surface area is 175 Å². The van der Waals surface area contributed by atoms with Crippen molar-refractivity contribution in [3.8, 4) is 0 Å². The third kappa shape index (κ3) is 3.86. The molecule has 1 aliphatic heterocycles. The number of aromatic nitrogens is 1. The Hall–Kier alpha value is -3.39. The molecule has 2 aromatic carbocycles. The summed E-state index contributed by atoms with van der Waals surface area (Å²) >= 11 is 0.792. The maximum absolute atomic E-state index is 13.2. The van der Waals surface area contributed by atoms with Crippen LogP contribution >= 0.6 is 11.8 Å². The SMILES string of the molecule is COC(=O)CN1C(=O)S/C(=C/c2cn(Cc3ccc(F)cc3)c3ccccc23)C1=O. The fourth-order valence-electron chi connectivity index (χ4n) is 3.28. The number of methoxy groups -OCH3 is 1. The van der Waals surface area contributed by atoms with E-state index in [1.165, 1.54) is 19.2 Å². The minimum Gasteiger partial charge on any atom is -0.468 e. The molecule has 2 amide bonds. The molecule has 0 saturated carbocycles. The molecule has 0 spiro atoms. The van der Waals surface area contributed by atoms with E-state index in [4.69, 9.17) is 0 Å². The zero-order valence-corrected chi connectivity index (χ0v) is 16.8. The molecule has 0 radical (unpaired) electrons. The molecule has 0 atom stereocenters. The number of para-hydroxylation sites is 1. The van der Waals surface area contributed by atoms with Crippen LogP contribution in [0.5, 0.6) is 0 Å². The summed E-state index contributed by atoms with van der Waals surface area (Å²) in [6, 6.07) is 14.0. The average molecular weight is 424 g/mol. The third-order valence-electron chi connectivity index (χ3n) is 4.76. The molecule has 1 saturated heterocycles. The maximum atomic E-state index is 13.2. The lowest BCUT2D eigenvalue weighted by molar-refractivity contribution is -0.143. The highest BCUT2D eigenvalue weighted by atomic mass is 32.2. The molecule has 4 rings (SSSR count). The van der Waals surface area contributed by atoms with E-state index in [1.807, 2.05) is 35.0 Å². The fraction of sp³-hybridized carbons (Fsp3) is 0.136. The van der Waals surface area contributed by atoms with Crippen LogP contribution < -0.4 is 0 Å². The summed E-state index contributed by atoms with van der Waals surface area (Å²) in [5.41, 5.74) is 2.65. The van der Waals surface area contributed by atoms with Crippen molar-refractivity contribution in [3.63, 3.8) is 0 Å². The van der Waals surface area contributed by atoms with Gasteiger partial charge in [0.1, 0.15) is 12.4 Å². The molecule has 2 heterocycles. The highest BCUT2D eigenvalue weighted by Crippen LogP contribution is 2.34. The second-order valence-corrected chi connectivity index (χ2v) is 7.69. The summed E-state index contributed by atoms with van der Waals surface area (Å²) < 4.78 is 19.8. The Morgan fingerprint density at radius 3 is 2.60 bits per heavy atom. The second-order valence-electron chi connectivity index (χ2n) is 6.70. The standard InChI is InChI=1S/C22H17FN2O4S/c1-29-20(26)13-25-21(27)19(30-22(25)28)10-15-12-24(18-5-3-2-4-17(15)18)11-14-6-8-16(23)9-7-14/h2-10,12H,11,13H2,1H3/b19-10+. The Bertz CT molecular complexity index is 1180. The minimum absolute atomic E-state index is 0.244. The molecular formula is C22H17FN2O4S. The Morgan fingerprint density at radius 1 is 1.13 bits per heavy atom. The first-order chi connectivity index (χ1) is 14.5. The number of carbonyl (C=O) groups is 3. The lowest BCUT2D eigenvalue weighted by atomic mass is 10.1. The van der Waals surface area contributed by atoms with Crippen LogP contribution in [-0.4, -0.2) is 40.2 Å². The number of thioether (sulfide) groups is 1. The quantitative estimate of drug-likeness (QED) is 0.457. The van der Waals surface area contributed by atoms with Crippen LogP contribution in [0.25, 0.3) is 17.0 Å². The molecular weight excluding hydrogens is 407 g/mol. The van der Waals surface area contributed by atoms with Crippen molar-refractivity contribution in [1.29, 1.82) is 0 Å². The normalized spacial score (nSPS) is 15.4. The second kappa shape index (κ2) is 8.16. The Kier molecular flexibility index (Phi) is 5.41. The fourth-order valence-corrected chi connectivity index (χ4v) is 4.11. The van der Waals surface area contributed by atoms with E-state index in [0.717, 1.165) is 38.7 Å². The van der Waals surface area contributed by atoms with E-state index in [-0.39, 0.29) is 10.7 Å². The van der Waals surface area contributed by atoms with Crippen molar-refractivity contribution in [2.75, 3.05) is 13.7 Å². The number of nitrogens with zero attached hydrogens (tertiary/aromatic N) is 2. The third-order valence-corrected chi connectivity index (χ3v) is 5.67. The molecule has 3 aromatic rings. The number of carbonyl (C=O) groups excluding carboxylic acids is 3. The monoisotopic (exact) mass is 424 g/mol.